The van der Waals surface area contributed by atoms with Crippen LogP contribution in [0.5, 0.6) is 0 Å². The van der Waals surface area contributed by atoms with Gasteiger partial charge in [-0.2, -0.15) is 0 Å². The summed E-state index contributed by atoms with van der Waals surface area (Å²) < 4.78 is 2.04. The second kappa shape index (κ2) is 7.16. The summed E-state index contributed by atoms with van der Waals surface area (Å²) in [5.74, 6) is 1.76. The molecule has 1 N–H and O–H groups in total. The van der Waals surface area contributed by atoms with Crippen LogP contribution in [0.1, 0.15) is 26.1 Å². The molecule has 0 aliphatic rings. The van der Waals surface area contributed by atoms with Gasteiger partial charge < -0.3 is 14.8 Å². The van der Waals surface area contributed by atoms with Gasteiger partial charge in [-0.3, -0.25) is 4.79 Å². The number of hydrogen-bond donors (Lipinski definition) is 1. The summed E-state index contributed by atoms with van der Waals surface area (Å²) in [6.07, 6.45) is 4.22. The number of hydrogen-bond acceptors (Lipinski definition) is 3. The van der Waals surface area contributed by atoms with E-state index in [1.165, 1.54) is 0 Å². The van der Waals surface area contributed by atoms with E-state index in [1.807, 2.05) is 10.8 Å². The minimum atomic E-state index is 0.143. The highest BCUT2D eigenvalue weighted by Crippen LogP contribution is 2.01. The molecular weight excluding hydrogens is 228 g/mol. The highest BCUT2D eigenvalue weighted by atomic mass is 16.2. The largest absolute Gasteiger partial charge is 0.349 e. The molecule has 0 aliphatic carbocycles. The van der Waals surface area contributed by atoms with Crippen LogP contribution in [-0.4, -0.2) is 41.0 Å². The number of carbonyl (C=O) groups is 1. The first-order valence-electron chi connectivity index (χ1n) is 6.41. The first kappa shape index (κ1) is 14.7. The molecule has 1 amide bonds. The Hall–Kier alpha value is -1.36. The number of carbonyl (C=O) groups excluding carboxylic acids is 1. The van der Waals surface area contributed by atoms with Crippen molar-refractivity contribution < 1.29 is 4.79 Å². The molecule has 0 radical (unpaired) electrons. The number of amides is 1. The average Bonchev–Trinajstić information content (AvgIpc) is 2.73. The van der Waals surface area contributed by atoms with Crippen LogP contribution in [0.4, 0.5) is 0 Å². The van der Waals surface area contributed by atoms with Crippen LogP contribution in [0.15, 0.2) is 12.4 Å². The predicted molar refractivity (Wildman–Crippen MR) is 72.1 cm³/mol. The molecule has 0 saturated carbocycles. The smallest absolute Gasteiger partial charge is 0.223 e. The first-order valence-corrected chi connectivity index (χ1v) is 6.41. The van der Waals surface area contributed by atoms with E-state index in [1.54, 1.807) is 25.2 Å². The highest BCUT2D eigenvalue weighted by Gasteiger charge is 2.07. The standard InChI is InChI=1S/C13H24N4O/c1-11(2)9-14-10-12-15-6-8-17(12)7-5-13(18)16(3)4/h6,8,11,14H,5,7,9-10H2,1-4H3. The van der Waals surface area contributed by atoms with Crippen molar-refractivity contribution in [3.63, 3.8) is 0 Å². The minimum absolute atomic E-state index is 0.143. The number of rotatable bonds is 7. The van der Waals surface area contributed by atoms with Crippen molar-refractivity contribution in [3.8, 4) is 0 Å². The molecule has 1 rings (SSSR count). The highest BCUT2D eigenvalue weighted by molar-refractivity contribution is 5.75. The minimum Gasteiger partial charge on any atom is -0.349 e. The molecule has 0 unspecified atom stereocenters. The Morgan fingerprint density at radius 2 is 2.22 bits per heavy atom. The summed E-state index contributed by atoms with van der Waals surface area (Å²) in [6.45, 7) is 6.77. The van der Waals surface area contributed by atoms with Crippen LogP contribution in [-0.2, 0) is 17.9 Å². The molecular formula is C13H24N4O. The Labute approximate surface area is 109 Å². The van der Waals surface area contributed by atoms with Gasteiger partial charge >= 0.3 is 0 Å². The van der Waals surface area contributed by atoms with Gasteiger partial charge in [0.25, 0.3) is 0 Å². The number of nitrogens with zero attached hydrogens (tertiary/aromatic N) is 3. The number of nitrogens with one attached hydrogen (secondary N) is 1. The summed E-state index contributed by atoms with van der Waals surface area (Å²) in [5, 5.41) is 3.36. The lowest BCUT2D eigenvalue weighted by Crippen LogP contribution is -2.24. The topological polar surface area (TPSA) is 50.2 Å². The van der Waals surface area contributed by atoms with E-state index >= 15 is 0 Å². The summed E-state index contributed by atoms with van der Waals surface area (Å²) >= 11 is 0. The van der Waals surface area contributed by atoms with Crippen molar-refractivity contribution in [3.05, 3.63) is 18.2 Å². The average molecular weight is 252 g/mol. The maximum atomic E-state index is 11.5. The van der Waals surface area contributed by atoms with Crippen molar-refractivity contribution in [2.45, 2.75) is 33.4 Å². The van der Waals surface area contributed by atoms with Crippen LogP contribution in [0.3, 0.4) is 0 Å². The van der Waals surface area contributed by atoms with Crippen LogP contribution in [0.25, 0.3) is 0 Å². The summed E-state index contributed by atoms with van der Waals surface area (Å²) in [4.78, 5) is 17.5. The third-order valence-electron chi connectivity index (χ3n) is 2.70. The fourth-order valence-corrected chi connectivity index (χ4v) is 1.62. The van der Waals surface area contributed by atoms with Crippen molar-refractivity contribution in [2.24, 2.45) is 5.92 Å². The molecule has 0 spiro atoms. The zero-order chi connectivity index (χ0) is 13.5. The maximum Gasteiger partial charge on any atom is 0.223 e. The second-order valence-corrected chi connectivity index (χ2v) is 5.10. The van der Waals surface area contributed by atoms with Crippen LogP contribution in [0, 0.1) is 5.92 Å². The van der Waals surface area contributed by atoms with E-state index in [0.717, 1.165) is 18.9 Å². The first-order chi connectivity index (χ1) is 8.50. The Morgan fingerprint density at radius 1 is 1.50 bits per heavy atom. The lowest BCUT2D eigenvalue weighted by atomic mass is 10.2. The fraction of sp³-hybridized carbons (Fsp3) is 0.692. The zero-order valence-electron chi connectivity index (χ0n) is 11.8. The van der Waals surface area contributed by atoms with Crippen LogP contribution < -0.4 is 5.32 Å². The van der Waals surface area contributed by atoms with Crippen LogP contribution in [0.2, 0.25) is 0 Å². The quantitative estimate of drug-likeness (QED) is 0.791. The molecule has 1 heterocycles. The van der Waals surface area contributed by atoms with Gasteiger partial charge in [0.15, 0.2) is 0 Å². The van der Waals surface area contributed by atoms with E-state index in [4.69, 9.17) is 0 Å². The number of aromatic nitrogens is 2. The second-order valence-electron chi connectivity index (χ2n) is 5.10. The lowest BCUT2D eigenvalue weighted by Gasteiger charge is -2.12. The van der Waals surface area contributed by atoms with Gasteiger partial charge in [0, 0.05) is 39.5 Å². The predicted octanol–water partition coefficient (Wildman–Crippen LogP) is 1.11. The van der Waals surface area contributed by atoms with Gasteiger partial charge in [0.1, 0.15) is 5.82 Å². The molecule has 0 bridgehead atoms. The Bertz CT molecular complexity index is 371. The van der Waals surface area contributed by atoms with E-state index in [0.29, 0.717) is 18.9 Å². The molecule has 18 heavy (non-hydrogen) atoms. The van der Waals surface area contributed by atoms with Gasteiger partial charge in [0.05, 0.1) is 6.54 Å². The van der Waals surface area contributed by atoms with Crippen molar-refractivity contribution in [1.82, 2.24) is 19.8 Å². The molecule has 102 valence electrons. The Kier molecular flexibility index (Phi) is 5.85. The summed E-state index contributed by atoms with van der Waals surface area (Å²) in [6, 6.07) is 0. The van der Waals surface area contributed by atoms with Crippen molar-refractivity contribution in [2.75, 3.05) is 20.6 Å². The molecule has 5 heteroatoms. The van der Waals surface area contributed by atoms with Gasteiger partial charge in [-0.15, -0.1) is 0 Å². The molecule has 0 aromatic carbocycles. The van der Waals surface area contributed by atoms with E-state index in [-0.39, 0.29) is 5.91 Å². The monoisotopic (exact) mass is 252 g/mol. The third kappa shape index (κ3) is 4.87. The molecule has 5 nitrogen and oxygen atoms in total. The molecule has 1 aromatic heterocycles. The van der Waals surface area contributed by atoms with Crippen molar-refractivity contribution in [1.29, 1.82) is 0 Å². The normalized spacial score (nSPS) is 10.9. The Balaban J connectivity index is 2.42. The van der Waals surface area contributed by atoms with Gasteiger partial charge in [-0.05, 0) is 12.5 Å². The summed E-state index contributed by atoms with van der Waals surface area (Å²) in [7, 11) is 3.56. The summed E-state index contributed by atoms with van der Waals surface area (Å²) in [5.41, 5.74) is 0. The van der Waals surface area contributed by atoms with Gasteiger partial charge in [0.2, 0.25) is 5.91 Å². The molecule has 0 fully saturated rings. The number of aryl methyl sites for hydroxylation is 1. The zero-order valence-corrected chi connectivity index (χ0v) is 11.8. The molecule has 0 aliphatic heterocycles. The maximum absolute atomic E-state index is 11.5. The molecule has 0 atom stereocenters. The van der Waals surface area contributed by atoms with E-state index in [9.17, 15) is 4.79 Å². The van der Waals surface area contributed by atoms with E-state index in [2.05, 4.69) is 24.1 Å². The Morgan fingerprint density at radius 3 is 2.83 bits per heavy atom. The van der Waals surface area contributed by atoms with Gasteiger partial charge in [-0.25, -0.2) is 4.98 Å². The lowest BCUT2D eigenvalue weighted by molar-refractivity contribution is -0.128. The van der Waals surface area contributed by atoms with E-state index < -0.39 is 0 Å². The molecule has 1 aromatic rings. The number of imidazole rings is 1. The van der Waals surface area contributed by atoms with Crippen LogP contribution >= 0.6 is 0 Å². The SMILES string of the molecule is CC(C)CNCc1nccn1CCC(=O)N(C)C. The van der Waals surface area contributed by atoms with Gasteiger partial charge in [-0.1, -0.05) is 13.8 Å². The third-order valence-corrected chi connectivity index (χ3v) is 2.70. The molecule has 0 saturated heterocycles. The van der Waals surface area contributed by atoms with Crippen molar-refractivity contribution >= 4 is 5.91 Å². The fourth-order valence-electron chi connectivity index (χ4n) is 1.62.